The van der Waals surface area contributed by atoms with Gasteiger partial charge in [-0.15, -0.1) is 0 Å². The third-order valence-corrected chi connectivity index (χ3v) is 3.40. The fourth-order valence-corrected chi connectivity index (χ4v) is 2.07. The summed E-state index contributed by atoms with van der Waals surface area (Å²) in [4.78, 5) is 11.9. The highest BCUT2D eigenvalue weighted by atomic mass is 16.2. The zero-order valence-electron chi connectivity index (χ0n) is 9.78. The van der Waals surface area contributed by atoms with E-state index in [2.05, 4.69) is 24.4 Å². The van der Waals surface area contributed by atoms with Crippen molar-refractivity contribution in [3.63, 3.8) is 0 Å². The standard InChI is InChI=1S/C14H19NO/c1-2-13(11-7-4-3-5-8-11)15-14(16)12-9-6-10-12/h3-5,7-8,12-13H,2,6,9-10H2,1H3,(H,15,16)/t13-/m1/s1. The van der Waals surface area contributed by atoms with Gasteiger partial charge in [0.05, 0.1) is 6.04 Å². The summed E-state index contributed by atoms with van der Waals surface area (Å²) in [6, 6.07) is 10.4. The fraction of sp³-hybridized carbons (Fsp3) is 0.500. The van der Waals surface area contributed by atoms with E-state index >= 15 is 0 Å². The molecule has 1 amide bonds. The summed E-state index contributed by atoms with van der Waals surface area (Å²) >= 11 is 0. The molecule has 0 saturated heterocycles. The molecular weight excluding hydrogens is 198 g/mol. The minimum Gasteiger partial charge on any atom is -0.349 e. The van der Waals surface area contributed by atoms with Gasteiger partial charge in [0.15, 0.2) is 0 Å². The van der Waals surface area contributed by atoms with Crippen LogP contribution in [0.2, 0.25) is 0 Å². The SMILES string of the molecule is CC[C@@H](NC(=O)C1CCC1)c1ccccc1. The molecule has 0 aromatic heterocycles. The van der Waals surface area contributed by atoms with Crippen molar-refractivity contribution in [3.8, 4) is 0 Å². The molecule has 1 saturated carbocycles. The zero-order chi connectivity index (χ0) is 11.4. The summed E-state index contributed by atoms with van der Waals surface area (Å²) in [7, 11) is 0. The van der Waals surface area contributed by atoms with Gasteiger partial charge in [0, 0.05) is 5.92 Å². The highest BCUT2D eigenvalue weighted by Gasteiger charge is 2.26. The first-order valence-electron chi connectivity index (χ1n) is 6.16. The summed E-state index contributed by atoms with van der Waals surface area (Å²) in [5, 5.41) is 3.15. The lowest BCUT2D eigenvalue weighted by Crippen LogP contribution is -2.36. The Bertz CT molecular complexity index is 343. The molecule has 0 aliphatic heterocycles. The monoisotopic (exact) mass is 217 g/mol. The predicted molar refractivity (Wildman–Crippen MR) is 65.0 cm³/mol. The van der Waals surface area contributed by atoms with Crippen LogP contribution in [0.1, 0.15) is 44.2 Å². The molecule has 1 fully saturated rings. The van der Waals surface area contributed by atoms with Crippen molar-refractivity contribution in [2.75, 3.05) is 0 Å². The minimum absolute atomic E-state index is 0.175. The second-order valence-electron chi connectivity index (χ2n) is 4.51. The summed E-state index contributed by atoms with van der Waals surface area (Å²) in [6.07, 6.45) is 4.29. The van der Waals surface area contributed by atoms with Crippen LogP contribution < -0.4 is 5.32 Å². The van der Waals surface area contributed by atoms with Crippen molar-refractivity contribution in [3.05, 3.63) is 35.9 Å². The third-order valence-electron chi connectivity index (χ3n) is 3.40. The Balaban J connectivity index is 1.97. The molecule has 0 heterocycles. The molecule has 1 aliphatic carbocycles. The first-order valence-corrected chi connectivity index (χ1v) is 6.16. The van der Waals surface area contributed by atoms with Crippen LogP contribution in [0.5, 0.6) is 0 Å². The number of benzene rings is 1. The van der Waals surface area contributed by atoms with Crippen LogP contribution in [0, 0.1) is 5.92 Å². The van der Waals surface area contributed by atoms with Crippen LogP contribution in [-0.4, -0.2) is 5.91 Å². The number of nitrogens with one attached hydrogen (secondary N) is 1. The van der Waals surface area contributed by atoms with E-state index in [1.807, 2.05) is 18.2 Å². The number of hydrogen-bond donors (Lipinski definition) is 1. The Morgan fingerprint density at radius 2 is 2.06 bits per heavy atom. The second kappa shape index (κ2) is 5.15. The van der Waals surface area contributed by atoms with Gasteiger partial charge >= 0.3 is 0 Å². The average Bonchev–Trinajstić information content (AvgIpc) is 2.24. The van der Waals surface area contributed by atoms with E-state index in [9.17, 15) is 4.79 Å². The summed E-state index contributed by atoms with van der Waals surface area (Å²) in [6.45, 7) is 2.11. The molecule has 0 bridgehead atoms. The van der Waals surface area contributed by atoms with E-state index < -0.39 is 0 Å². The van der Waals surface area contributed by atoms with Gasteiger partial charge in [0.25, 0.3) is 0 Å². The highest BCUT2D eigenvalue weighted by molar-refractivity contribution is 5.79. The lowest BCUT2D eigenvalue weighted by molar-refractivity contribution is -0.128. The van der Waals surface area contributed by atoms with Crippen molar-refractivity contribution < 1.29 is 4.79 Å². The van der Waals surface area contributed by atoms with Gasteiger partial charge in [-0.3, -0.25) is 4.79 Å². The highest BCUT2D eigenvalue weighted by Crippen LogP contribution is 2.27. The maximum absolute atomic E-state index is 11.9. The van der Waals surface area contributed by atoms with E-state index in [0.29, 0.717) is 0 Å². The Kier molecular flexibility index (Phi) is 3.60. The van der Waals surface area contributed by atoms with Crippen molar-refractivity contribution in [1.82, 2.24) is 5.32 Å². The molecule has 2 heteroatoms. The van der Waals surface area contributed by atoms with Crippen LogP contribution in [-0.2, 0) is 4.79 Å². The molecule has 1 N–H and O–H groups in total. The summed E-state index contributed by atoms with van der Waals surface area (Å²) in [5.74, 6) is 0.514. The maximum Gasteiger partial charge on any atom is 0.223 e. The van der Waals surface area contributed by atoms with Crippen LogP contribution in [0.25, 0.3) is 0 Å². The number of amides is 1. The molecule has 0 radical (unpaired) electrons. The largest absolute Gasteiger partial charge is 0.349 e. The topological polar surface area (TPSA) is 29.1 Å². The van der Waals surface area contributed by atoms with Gasteiger partial charge in [-0.2, -0.15) is 0 Å². The normalized spacial score (nSPS) is 17.6. The van der Waals surface area contributed by atoms with Gasteiger partial charge in [-0.25, -0.2) is 0 Å². The van der Waals surface area contributed by atoms with Gasteiger partial charge in [-0.05, 0) is 24.8 Å². The molecule has 2 nitrogen and oxygen atoms in total. The van der Waals surface area contributed by atoms with E-state index in [1.54, 1.807) is 0 Å². The van der Waals surface area contributed by atoms with Crippen molar-refractivity contribution in [2.45, 2.75) is 38.6 Å². The quantitative estimate of drug-likeness (QED) is 0.825. The van der Waals surface area contributed by atoms with Gasteiger partial charge in [-0.1, -0.05) is 43.7 Å². The van der Waals surface area contributed by atoms with Crippen molar-refractivity contribution >= 4 is 5.91 Å². The second-order valence-corrected chi connectivity index (χ2v) is 4.51. The van der Waals surface area contributed by atoms with Crippen molar-refractivity contribution in [1.29, 1.82) is 0 Å². The van der Waals surface area contributed by atoms with Gasteiger partial charge < -0.3 is 5.32 Å². The Hall–Kier alpha value is -1.31. The van der Waals surface area contributed by atoms with Crippen LogP contribution in [0.15, 0.2) is 30.3 Å². The molecule has 0 unspecified atom stereocenters. The molecule has 86 valence electrons. The van der Waals surface area contributed by atoms with E-state index in [0.717, 1.165) is 19.3 Å². The first-order chi connectivity index (χ1) is 7.81. The van der Waals surface area contributed by atoms with Gasteiger partial charge in [0.1, 0.15) is 0 Å². The molecule has 1 aromatic carbocycles. The average molecular weight is 217 g/mol. The van der Waals surface area contributed by atoms with E-state index in [4.69, 9.17) is 0 Å². The maximum atomic E-state index is 11.9. The lowest BCUT2D eigenvalue weighted by atomic mass is 9.84. The van der Waals surface area contributed by atoms with Crippen LogP contribution >= 0.6 is 0 Å². The number of carbonyl (C=O) groups excluding carboxylic acids is 1. The van der Waals surface area contributed by atoms with Crippen molar-refractivity contribution in [2.24, 2.45) is 5.92 Å². The number of hydrogen-bond acceptors (Lipinski definition) is 1. The molecule has 1 atom stereocenters. The lowest BCUT2D eigenvalue weighted by Gasteiger charge is -2.27. The molecule has 1 aliphatic rings. The molecule has 1 aromatic rings. The van der Waals surface area contributed by atoms with Gasteiger partial charge in [0.2, 0.25) is 5.91 Å². The Morgan fingerprint density at radius 3 is 2.56 bits per heavy atom. The summed E-state index contributed by atoms with van der Waals surface area (Å²) in [5.41, 5.74) is 1.21. The Labute approximate surface area is 97.1 Å². The van der Waals surface area contributed by atoms with E-state index in [-0.39, 0.29) is 17.9 Å². The summed E-state index contributed by atoms with van der Waals surface area (Å²) < 4.78 is 0. The van der Waals surface area contributed by atoms with Crippen LogP contribution in [0.3, 0.4) is 0 Å². The smallest absolute Gasteiger partial charge is 0.223 e. The van der Waals surface area contributed by atoms with Crippen LogP contribution in [0.4, 0.5) is 0 Å². The number of carbonyl (C=O) groups is 1. The minimum atomic E-state index is 0.175. The zero-order valence-corrected chi connectivity index (χ0v) is 9.78. The Morgan fingerprint density at radius 1 is 1.38 bits per heavy atom. The molecule has 16 heavy (non-hydrogen) atoms. The van der Waals surface area contributed by atoms with E-state index in [1.165, 1.54) is 12.0 Å². The number of rotatable bonds is 4. The molecule has 0 spiro atoms. The predicted octanol–water partition coefficient (Wildman–Crippen LogP) is 3.05. The fourth-order valence-electron chi connectivity index (χ4n) is 2.07. The first kappa shape index (κ1) is 11.2. The third kappa shape index (κ3) is 2.43. The molecular formula is C14H19NO. The molecule has 2 rings (SSSR count).